The number of terminal acetylenes is 1. The van der Waals surface area contributed by atoms with Crippen LogP contribution in [0, 0.1) is 32.6 Å². The fourth-order valence-corrected chi connectivity index (χ4v) is 3.64. The number of hydrogen-bond donors (Lipinski definition) is 0. The van der Waals surface area contributed by atoms with Crippen LogP contribution in [-0.2, 0) is 6.42 Å². The number of allylic oxidation sites excluding steroid dienone is 1. The summed E-state index contributed by atoms with van der Waals surface area (Å²) in [6.45, 7) is 16.9. The summed E-state index contributed by atoms with van der Waals surface area (Å²) in [5.74, 6) is 0.612. The fraction of sp³-hybridized carbons (Fsp3) is 0.391. The molecule has 0 amide bonds. The Balaban J connectivity index is 0.00000123. The molecule has 0 aliphatic carbocycles. The zero-order valence-corrected chi connectivity index (χ0v) is 17.0. The lowest BCUT2D eigenvalue weighted by molar-refractivity contribution is 0.595. The van der Waals surface area contributed by atoms with E-state index < -0.39 is 0 Å². The van der Waals surface area contributed by atoms with Crippen molar-refractivity contribution < 1.29 is 0 Å². The van der Waals surface area contributed by atoms with Gasteiger partial charge in [0.25, 0.3) is 0 Å². The van der Waals surface area contributed by atoms with Gasteiger partial charge in [0.1, 0.15) is 0 Å². The predicted octanol–water partition coefficient (Wildman–Crippen LogP) is 7.45. The minimum atomic E-state index is 0.612. The Kier molecular flexibility index (Phi) is 10.8. The van der Waals surface area contributed by atoms with Crippen molar-refractivity contribution in [3.8, 4) is 24.0 Å². The Morgan fingerprint density at radius 2 is 1.79 bits per heavy atom. The molecule has 24 heavy (non-hydrogen) atoms. The molecule has 130 valence electrons. The molecular formula is C23H32S. The Morgan fingerprint density at radius 3 is 2.29 bits per heavy atom. The standard InChI is InChI=1S/C19H24S.C2H6.C2H2/c1-6-16(13(2)3)10-18-11-17(12-20-18)19-8-7-14(4)9-15(19)5;2*1-2/h7-9,11-12,16H,2,6,10H2,1,3-5H3;1-2H3;1-2H. The third-order valence-corrected chi connectivity index (χ3v) is 4.94. The molecule has 1 atom stereocenters. The summed E-state index contributed by atoms with van der Waals surface area (Å²) < 4.78 is 0. The maximum absolute atomic E-state index is 4.12. The highest BCUT2D eigenvalue weighted by Crippen LogP contribution is 2.31. The van der Waals surface area contributed by atoms with E-state index in [1.165, 1.54) is 39.1 Å². The van der Waals surface area contributed by atoms with Crippen molar-refractivity contribution in [2.24, 2.45) is 5.92 Å². The van der Waals surface area contributed by atoms with Gasteiger partial charge < -0.3 is 0 Å². The zero-order chi connectivity index (χ0) is 18.7. The van der Waals surface area contributed by atoms with Crippen LogP contribution in [0.5, 0.6) is 0 Å². The summed E-state index contributed by atoms with van der Waals surface area (Å²) in [4.78, 5) is 1.47. The van der Waals surface area contributed by atoms with Crippen LogP contribution in [0.4, 0.5) is 0 Å². The molecule has 0 bridgehead atoms. The summed E-state index contributed by atoms with van der Waals surface area (Å²) in [6, 6.07) is 9.05. The maximum Gasteiger partial charge on any atom is 0.00575 e. The summed E-state index contributed by atoms with van der Waals surface area (Å²) in [6.07, 6.45) is 10.3. The van der Waals surface area contributed by atoms with Gasteiger partial charge in [-0.1, -0.05) is 56.7 Å². The first-order chi connectivity index (χ1) is 11.5. The molecule has 2 rings (SSSR count). The van der Waals surface area contributed by atoms with Gasteiger partial charge in [0.15, 0.2) is 0 Å². The summed E-state index contributed by atoms with van der Waals surface area (Å²) in [5, 5.41) is 2.29. The second-order valence-corrected chi connectivity index (χ2v) is 6.77. The van der Waals surface area contributed by atoms with Crippen LogP contribution < -0.4 is 0 Å². The highest BCUT2D eigenvalue weighted by Gasteiger charge is 2.11. The highest BCUT2D eigenvalue weighted by molar-refractivity contribution is 7.10. The van der Waals surface area contributed by atoms with Crippen molar-refractivity contribution in [1.82, 2.24) is 0 Å². The van der Waals surface area contributed by atoms with Gasteiger partial charge in [-0.25, -0.2) is 0 Å². The lowest BCUT2D eigenvalue weighted by atomic mass is 9.94. The third-order valence-electron chi connectivity index (χ3n) is 3.98. The number of aryl methyl sites for hydroxylation is 2. The van der Waals surface area contributed by atoms with Crippen LogP contribution in [-0.4, -0.2) is 0 Å². The maximum atomic E-state index is 4.12. The van der Waals surface area contributed by atoms with E-state index in [0.29, 0.717) is 5.92 Å². The van der Waals surface area contributed by atoms with E-state index in [1.54, 1.807) is 0 Å². The minimum absolute atomic E-state index is 0.612. The van der Waals surface area contributed by atoms with Gasteiger partial charge in [-0.2, -0.15) is 0 Å². The number of rotatable bonds is 5. The van der Waals surface area contributed by atoms with E-state index in [2.05, 4.69) is 76.8 Å². The minimum Gasteiger partial charge on any atom is -0.148 e. The molecule has 0 saturated carbocycles. The topological polar surface area (TPSA) is 0 Å². The Labute approximate surface area is 153 Å². The Bertz CT molecular complexity index is 643. The molecule has 0 nitrogen and oxygen atoms in total. The molecule has 1 aromatic carbocycles. The molecule has 0 aliphatic rings. The molecule has 0 radical (unpaired) electrons. The Hall–Kier alpha value is -1.78. The number of hydrogen-bond acceptors (Lipinski definition) is 1. The summed E-state index contributed by atoms with van der Waals surface area (Å²) in [5.41, 5.74) is 6.71. The molecule has 1 unspecified atom stereocenters. The quantitative estimate of drug-likeness (QED) is 0.391. The van der Waals surface area contributed by atoms with E-state index in [4.69, 9.17) is 0 Å². The molecule has 0 aliphatic heterocycles. The second kappa shape index (κ2) is 11.7. The first-order valence-electron chi connectivity index (χ1n) is 8.65. The number of benzene rings is 1. The monoisotopic (exact) mass is 340 g/mol. The van der Waals surface area contributed by atoms with Gasteiger partial charge in [0.2, 0.25) is 0 Å². The van der Waals surface area contributed by atoms with Crippen molar-refractivity contribution in [3.63, 3.8) is 0 Å². The highest BCUT2D eigenvalue weighted by atomic mass is 32.1. The molecule has 2 aromatic rings. The van der Waals surface area contributed by atoms with Crippen LogP contribution in [0.25, 0.3) is 11.1 Å². The van der Waals surface area contributed by atoms with E-state index in [0.717, 1.165) is 6.42 Å². The van der Waals surface area contributed by atoms with Crippen molar-refractivity contribution in [1.29, 1.82) is 0 Å². The summed E-state index contributed by atoms with van der Waals surface area (Å²) in [7, 11) is 0. The van der Waals surface area contributed by atoms with Gasteiger partial charge in [-0.3, -0.25) is 0 Å². The van der Waals surface area contributed by atoms with E-state index in [-0.39, 0.29) is 0 Å². The van der Waals surface area contributed by atoms with E-state index in [9.17, 15) is 0 Å². The Morgan fingerprint density at radius 1 is 1.17 bits per heavy atom. The molecule has 1 aromatic heterocycles. The van der Waals surface area contributed by atoms with Gasteiger partial charge >= 0.3 is 0 Å². The van der Waals surface area contributed by atoms with Crippen molar-refractivity contribution in [2.75, 3.05) is 0 Å². The first kappa shape index (κ1) is 22.2. The van der Waals surface area contributed by atoms with Crippen molar-refractivity contribution >= 4 is 11.3 Å². The largest absolute Gasteiger partial charge is 0.148 e. The van der Waals surface area contributed by atoms with E-state index in [1.807, 2.05) is 25.2 Å². The van der Waals surface area contributed by atoms with E-state index >= 15 is 0 Å². The fourth-order valence-electron chi connectivity index (χ4n) is 2.68. The normalized spacial score (nSPS) is 10.7. The first-order valence-corrected chi connectivity index (χ1v) is 9.53. The van der Waals surface area contributed by atoms with Gasteiger partial charge in [-0.05, 0) is 67.7 Å². The van der Waals surface area contributed by atoms with Gasteiger partial charge in [0, 0.05) is 4.88 Å². The van der Waals surface area contributed by atoms with Gasteiger partial charge in [-0.15, -0.1) is 24.2 Å². The lowest BCUT2D eigenvalue weighted by Gasteiger charge is -2.13. The lowest BCUT2D eigenvalue weighted by Crippen LogP contribution is -2.02. The summed E-state index contributed by atoms with van der Waals surface area (Å²) >= 11 is 1.88. The third kappa shape index (κ3) is 6.38. The predicted molar refractivity (Wildman–Crippen MR) is 113 cm³/mol. The molecular weight excluding hydrogens is 308 g/mol. The molecule has 0 saturated heterocycles. The molecule has 0 spiro atoms. The molecule has 0 fully saturated rings. The van der Waals surface area contributed by atoms with Crippen LogP contribution in [0.1, 0.15) is 50.1 Å². The van der Waals surface area contributed by atoms with Crippen LogP contribution in [0.15, 0.2) is 41.8 Å². The number of thiophene rings is 1. The SMILES string of the molecule is C#C.C=C(C)C(CC)Cc1cc(-c2ccc(C)cc2C)cs1.CC. The average molecular weight is 341 g/mol. The van der Waals surface area contributed by atoms with Gasteiger partial charge in [0.05, 0.1) is 0 Å². The molecule has 0 N–H and O–H groups in total. The molecule has 1 heteroatoms. The van der Waals surface area contributed by atoms with Crippen molar-refractivity contribution in [2.45, 2.75) is 54.4 Å². The smallest absolute Gasteiger partial charge is 0.00575 e. The van der Waals surface area contributed by atoms with Crippen LogP contribution >= 0.6 is 11.3 Å². The van der Waals surface area contributed by atoms with Crippen LogP contribution in [0.3, 0.4) is 0 Å². The zero-order valence-electron chi connectivity index (χ0n) is 16.1. The average Bonchev–Trinajstić information content (AvgIpc) is 3.04. The second-order valence-electron chi connectivity index (χ2n) is 5.78. The van der Waals surface area contributed by atoms with Crippen molar-refractivity contribution in [3.05, 3.63) is 57.8 Å². The molecule has 1 heterocycles. The van der Waals surface area contributed by atoms with Crippen LogP contribution in [0.2, 0.25) is 0 Å².